The lowest BCUT2D eigenvalue weighted by Gasteiger charge is -2.27. The first-order chi connectivity index (χ1) is 9.86. The molecule has 1 aromatic rings. The number of hydrogen-bond acceptors (Lipinski definition) is 4. The predicted molar refractivity (Wildman–Crippen MR) is 79.6 cm³/mol. The zero-order chi connectivity index (χ0) is 15.6. The van der Waals surface area contributed by atoms with Crippen molar-refractivity contribution in [3.63, 3.8) is 0 Å². The van der Waals surface area contributed by atoms with Crippen LogP contribution in [0.2, 0.25) is 5.02 Å². The topological polar surface area (TPSA) is 92.5 Å². The number of nitrogens with two attached hydrogens (primary N) is 1. The summed E-state index contributed by atoms with van der Waals surface area (Å²) in [5.41, 5.74) is 6.43. The van der Waals surface area contributed by atoms with Crippen LogP contribution in [0.1, 0.15) is 19.8 Å². The van der Waals surface area contributed by atoms with E-state index in [-0.39, 0.29) is 37.1 Å². The maximum atomic E-state index is 11.9. The van der Waals surface area contributed by atoms with Crippen LogP contribution in [0, 0.1) is 5.92 Å². The number of rotatable bonds is 3. The van der Waals surface area contributed by atoms with E-state index in [2.05, 4.69) is 5.32 Å². The molecule has 0 aliphatic carbocycles. The smallest absolute Gasteiger partial charge is 0.244 e. The number of benzene rings is 1. The van der Waals surface area contributed by atoms with Gasteiger partial charge in [0.1, 0.15) is 6.54 Å². The number of halogens is 1. The van der Waals surface area contributed by atoms with E-state index < -0.39 is 5.91 Å². The lowest BCUT2D eigenvalue weighted by atomic mass is 9.98. The summed E-state index contributed by atoms with van der Waals surface area (Å²) in [6, 6.07) is 4.67. The van der Waals surface area contributed by atoms with E-state index in [1.807, 2.05) is 6.92 Å². The number of likely N-dealkylation sites (tertiary alicyclic amines) is 1. The van der Waals surface area contributed by atoms with E-state index in [9.17, 15) is 14.4 Å². The average molecular weight is 310 g/mol. The number of carbonyl (C=O) groups excluding carboxylic acids is 3. The Morgan fingerprint density at radius 1 is 1.38 bits per heavy atom. The second-order valence-corrected chi connectivity index (χ2v) is 5.58. The summed E-state index contributed by atoms with van der Waals surface area (Å²) >= 11 is 5.95. The number of nitrogen functional groups attached to an aromatic ring is 1. The highest BCUT2D eigenvalue weighted by Crippen LogP contribution is 2.24. The standard InChI is InChI=1S/C14H16ClN3O3/c1-8-4-13(20)18(14(21)5-8)7-12(19)17-11-3-2-9(16)6-10(11)15/h2-3,6,8H,4-5,7,16H2,1H3,(H,17,19). The molecule has 1 aromatic carbocycles. The molecule has 21 heavy (non-hydrogen) atoms. The normalized spacial score (nSPS) is 16.2. The first-order valence-electron chi connectivity index (χ1n) is 6.55. The SMILES string of the molecule is CC1CC(=O)N(CC(=O)Nc2ccc(N)cc2Cl)C(=O)C1. The average Bonchev–Trinajstić information content (AvgIpc) is 2.37. The van der Waals surface area contributed by atoms with Gasteiger partial charge in [-0.25, -0.2) is 0 Å². The second kappa shape index (κ2) is 6.13. The third kappa shape index (κ3) is 3.72. The largest absolute Gasteiger partial charge is 0.399 e. The summed E-state index contributed by atoms with van der Waals surface area (Å²) < 4.78 is 0. The van der Waals surface area contributed by atoms with Crippen LogP contribution in [0.15, 0.2) is 18.2 Å². The summed E-state index contributed by atoms with van der Waals surface area (Å²) in [6.45, 7) is 1.53. The van der Waals surface area contributed by atoms with Crippen molar-refractivity contribution in [1.29, 1.82) is 0 Å². The molecule has 112 valence electrons. The Kier molecular flexibility index (Phi) is 4.47. The molecule has 1 heterocycles. The fourth-order valence-corrected chi connectivity index (χ4v) is 2.41. The number of anilines is 2. The molecule has 0 aromatic heterocycles. The summed E-state index contributed by atoms with van der Waals surface area (Å²) in [5.74, 6) is -1.09. The molecule has 0 spiro atoms. The van der Waals surface area contributed by atoms with Gasteiger partial charge in [-0.1, -0.05) is 18.5 Å². The van der Waals surface area contributed by atoms with Gasteiger partial charge in [0, 0.05) is 18.5 Å². The van der Waals surface area contributed by atoms with Crippen LogP contribution in [0.4, 0.5) is 11.4 Å². The highest BCUT2D eigenvalue weighted by Gasteiger charge is 2.31. The van der Waals surface area contributed by atoms with Crippen molar-refractivity contribution < 1.29 is 14.4 Å². The zero-order valence-corrected chi connectivity index (χ0v) is 12.3. The van der Waals surface area contributed by atoms with Crippen LogP contribution >= 0.6 is 11.6 Å². The summed E-state index contributed by atoms with van der Waals surface area (Å²) in [7, 11) is 0. The van der Waals surface area contributed by atoms with Crippen molar-refractivity contribution in [2.24, 2.45) is 5.92 Å². The molecule has 0 atom stereocenters. The fourth-order valence-electron chi connectivity index (χ4n) is 2.17. The minimum Gasteiger partial charge on any atom is -0.399 e. The van der Waals surface area contributed by atoms with Gasteiger partial charge in [-0.3, -0.25) is 19.3 Å². The third-order valence-corrected chi connectivity index (χ3v) is 3.53. The molecule has 0 unspecified atom stereocenters. The van der Waals surface area contributed by atoms with Crippen molar-refractivity contribution in [2.45, 2.75) is 19.8 Å². The van der Waals surface area contributed by atoms with Crippen LogP contribution in [0.3, 0.4) is 0 Å². The van der Waals surface area contributed by atoms with E-state index in [0.29, 0.717) is 16.4 Å². The maximum absolute atomic E-state index is 11.9. The second-order valence-electron chi connectivity index (χ2n) is 5.17. The van der Waals surface area contributed by atoms with E-state index in [4.69, 9.17) is 17.3 Å². The first kappa shape index (κ1) is 15.3. The molecule has 1 aliphatic heterocycles. The number of nitrogens with one attached hydrogen (secondary N) is 1. The van der Waals surface area contributed by atoms with Crippen molar-refractivity contribution in [1.82, 2.24) is 4.90 Å². The van der Waals surface area contributed by atoms with Gasteiger partial charge < -0.3 is 11.1 Å². The van der Waals surface area contributed by atoms with Gasteiger partial charge in [0.2, 0.25) is 17.7 Å². The number of amides is 3. The highest BCUT2D eigenvalue weighted by atomic mass is 35.5. The van der Waals surface area contributed by atoms with Gasteiger partial charge >= 0.3 is 0 Å². The minimum absolute atomic E-state index is 0.0239. The Hall–Kier alpha value is -2.08. The Balaban J connectivity index is 2.01. The fraction of sp³-hybridized carbons (Fsp3) is 0.357. The Labute approximate surface area is 127 Å². The molecule has 3 amide bonds. The Bertz CT molecular complexity index is 585. The molecule has 2 rings (SSSR count). The molecular weight excluding hydrogens is 294 g/mol. The van der Waals surface area contributed by atoms with Crippen molar-refractivity contribution in [3.8, 4) is 0 Å². The number of piperidine rings is 1. The molecule has 0 bridgehead atoms. The molecule has 6 nitrogen and oxygen atoms in total. The Morgan fingerprint density at radius 3 is 2.57 bits per heavy atom. The van der Waals surface area contributed by atoms with E-state index in [1.165, 1.54) is 6.07 Å². The van der Waals surface area contributed by atoms with Crippen LogP contribution in [-0.4, -0.2) is 29.2 Å². The molecule has 0 radical (unpaired) electrons. The lowest BCUT2D eigenvalue weighted by molar-refractivity contribution is -0.151. The van der Waals surface area contributed by atoms with Gasteiger partial charge in [0.15, 0.2) is 0 Å². The molecule has 0 saturated carbocycles. The number of hydrogen-bond donors (Lipinski definition) is 2. The molecule has 1 fully saturated rings. The van der Waals surface area contributed by atoms with E-state index in [0.717, 1.165) is 4.90 Å². The monoisotopic (exact) mass is 309 g/mol. The van der Waals surface area contributed by atoms with E-state index in [1.54, 1.807) is 12.1 Å². The van der Waals surface area contributed by atoms with E-state index >= 15 is 0 Å². The highest BCUT2D eigenvalue weighted by molar-refractivity contribution is 6.34. The molecule has 1 saturated heterocycles. The molecule has 7 heteroatoms. The lowest BCUT2D eigenvalue weighted by Crippen LogP contribution is -2.46. The predicted octanol–water partition coefficient (Wildman–Crippen LogP) is 1.65. The summed E-state index contributed by atoms with van der Waals surface area (Å²) in [6.07, 6.45) is 0.559. The van der Waals surface area contributed by atoms with Crippen molar-refractivity contribution in [3.05, 3.63) is 23.2 Å². The first-order valence-corrected chi connectivity index (χ1v) is 6.92. The van der Waals surface area contributed by atoms with Crippen LogP contribution in [0.5, 0.6) is 0 Å². The Morgan fingerprint density at radius 2 is 2.00 bits per heavy atom. The molecular formula is C14H16ClN3O3. The van der Waals surface area contributed by atoms with Gasteiger partial charge in [0.05, 0.1) is 10.7 Å². The number of carbonyl (C=O) groups is 3. The van der Waals surface area contributed by atoms with Crippen LogP contribution in [0.25, 0.3) is 0 Å². The van der Waals surface area contributed by atoms with Gasteiger partial charge in [-0.15, -0.1) is 0 Å². The summed E-state index contributed by atoms with van der Waals surface area (Å²) in [5, 5.41) is 2.86. The van der Waals surface area contributed by atoms with Gasteiger partial charge in [-0.2, -0.15) is 0 Å². The van der Waals surface area contributed by atoms with Crippen LogP contribution < -0.4 is 11.1 Å². The number of nitrogens with zero attached hydrogens (tertiary/aromatic N) is 1. The van der Waals surface area contributed by atoms with Gasteiger partial charge in [0.25, 0.3) is 0 Å². The summed E-state index contributed by atoms with van der Waals surface area (Å²) in [4.78, 5) is 36.5. The molecule has 1 aliphatic rings. The number of imide groups is 1. The zero-order valence-electron chi connectivity index (χ0n) is 11.6. The van der Waals surface area contributed by atoms with Gasteiger partial charge in [-0.05, 0) is 24.1 Å². The van der Waals surface area contributed by atoms with Crippen molar-refractivity contribution in [2.75, 3.05) is 17.6 Å². The van der Waals surface area contributed by atoms with Crippen molar-refractivity contribution >= 4 is 40.7 Å². The maximum Gasteiger partial charge on any atom is 0.244 e. The molecule has 3 N–H and O–H groups in total. The minimum atomic E-state index is -0.474. The van der Waals surface area contributed by atoms with Crippen LogP contribution in [-0.2, 0) is 14.4 Å². The third-order valence-electron chi connectivity index (χ3n) is 3.22. The quantitative estimate of drug-likeness (QED) is 0.656.